The van der Waals surface area contributed by atoms with E-state index in [4.69, 9.17) is 10.5 Å². The smallest absolute Gasteiger partial charge is 0.249 e. The number of hydrogen-bond donors (Lipinski definition) is 1. The number of likely N-dealkylation sites (N-methyl/N-ethyl adjacent to an activating group) is 1. The lowest BCUT2D eigenvalue weighted by Crippen LogP contribution is -2.40. The fourth-order valence-corrected chi connectivity index (χ4v) is 3.45. The van der Waals surface area contributed by atoms with Gasteiger partial charge in [-0.25, -0.2) is 0 Å². The van der Waals surface area contributed by atoms with Crippen molar-refractivity contribution in [3.8, 4) is 0 Å². The van der Waals surface area contributed by atoms with Gasteiger partial charge in [0.1, 0.15) is 0 Å². The molecule has 1 aromatic rings. The van der Waals surface area contributed by atoms with Crippen molar-refractivity contribution in [2.75, 3.05) is 27.3 Å². The van der Waals surface area contributed by atoms with Crippen LogP contribution in [0.5, 0.6) is 0 Å². The van der Waals surface area contributed by atoms with Gasteiger partial charge >= 0.3 is 0 Å². The Kier molecular flexibility index (Phi) is 6.30. The van der Waals surface area contributed by atoms with E-state index in [9.17, 15) is 4.79 Å². The summed E-state index contributed by atoms with van der Waals surface area (Å²) in [6.45, 7) is 10.5. The van der Waals surface area contributed by atoms with Crippen molar-refractivity contribution in [1.82, 2.24) is 4.90 Å². The zero-order valence-electron chi connectivity index (χ0n) is 17.2. The standard InChI is InChI=1S/C22H34N2O2/c1-21(2)11-9-16(10-12-21)19-15-17(7-8-18(19)20(23)25)22(3,4)24(5)13-14-26-6/h7-9,15H,10-14H2,1-6H3,(H2,23,25). The molecule has 1 aromatic carbocycles. The Morgan fingerprint density at radius 1 is 1.35 bits per heavy atom. The third-order valence-electron chi connectivity index (χ3n) is 5.89. The van der Waals surface area contributed by atoms with Gasteiger partial charge in [-0.2, -0.15) is 0 Å². The normalized spacial score (nSPS) is 17.3. The quantitative estimate of drug-likeness (QED) is 0.795. The molecule has 0 bridgehead atoms. The molecule has 1 aliphatic rings. The first-order valence-electron chi connectivity index (χ1n) is 9.42. The Morgan fingerprint density at radius 3 is 2.58 bits per heavy atom. The third kappa shape index (κ3) is 4.54. The van der Waals surface area contributed by atoms with Gasteiger partial charge in [-0.05, 0) is 74.4 Å². The predicted molar refractivity (Wildman–Crippen MR) is 108 cm³/mol. The summed E-state index contributed by atoms with van der Waals surface area (Å²) in [4.78, 5) is 14.3. The lowest BCUT2D eigenvalue weighted by Gasteiger charge is -2.37. The van der Waals surface area contributed by atoms with E-state index < -0.39 is 0 Å². The van der Waals surface area contributed by atoms with E-state index in [0.717, 1.165) is 31.4 Å². The number of ether oxygens (including phenoxy) is 1. The minimum absolute atomic E-state index is 0.169. The highest BCUT2D eigenvalue weighted by molar-refractivity contribution is 5.98. The first-order valence-corrected chi connectivity index (χ1v) is 9.42. The average Bonchev–Trinajstić information content (AvgIpc) is 2.58. The number of allylic oxidation sites excluding steroid dienone is 2. The van der Waals surface area contributed by atoms with E-state index in [1.165, 1.54) is 11.1 Å². The van der Waals surface area contributed by atoms with Gasteiger partial charge in [-0.3, -0.25) is 9.69 Å². The van der Waals surface area contributed by atoms with Crippen molar-refractivity contribution in [3.63, 3.8) is 0 Å². The Bertz CT molecular complexity index is 689. The molecule has 0 aliphatic heterocycles. The van der Waals surface area contributed by atoms with E-state index in [1.807, 2.05) is 12.1 Å². The van der Waals surface area contributed by atoms with Crippen LogP contribution < -0.4 is 5.73 Å². The first kappa shape index (κ1) is 20.7. The lowest BCUT2D eigenvalue weighted by atomic mass is 9.76. The molecule has 1 aliphatic carbocycles. The van der Waals surface area contributed by atoms with Crippen LogP contribution in [0.3, 0.4) is 0 Å². The zero-order valence-corrected chi connectivity index (χ0v) is 17.2. The second-order valence-electron chi connectivity index (χ2n) is 8.70. The van der Waals surface area contributed by atoms with Crippen LogP contribution in [0.25, 0.3) is 5.57 Å². The molecule has 4 heteroatoms. The van der Waals surface area contributed by atoms with Gasteiger partial charge in [0.2, 0.25) is 5.91 Å². The molecule has 26 heavy (non-hydrogen) atoms. The summed E-state index contributed by atoms with van der Waals surface area (Å²) in [5.41, 5.74) is 9.87. The van der Waals surface area contributed by atoms with E-state index in [2.05, 4.69) is 51.8 Å². The van der Waals surface area contributed by atoms with Crippen molar-refractivity contribution >= 4 is 11.5 Å². The fourth-order valence-electron chi connectivity index (χ4n) is 3.45. The molecule has 1 amide bonds. The molecule has 0 radical (unpaired) electrons. The van der Waals surface area contributed by atoms with Crippen LogP contribution >= 0.6 is 0 Å². The van der Waals surface area contributed by atoms with Gasteiger partial charge < -0.3 is 10.5 Å². The molecule has 0 fully saturated rings. The summed E-state index contributed by atoms with van der Waals surface area (Å²) in [7, 11) is 3.82. The van der Waals surface area contributed by atoms with Gasteiger partial charge in [-0.1, -0.05) is 26.0 Å². The summed E-state index contributed by atoms with van der Waals surface area (Å²) >= 11 is 0. The fraction of sp³-hybridized carbons (Fsp3) is 0.591. The molecule has 0 spiro atoms. The SMILES string of the molecule is COCCN(C)C(C)(C)c1ccc(C(N)=O)c(C2=CCC(C)(C)CC2)c1. The molecule has 2 rings (SSSR count). The number of rotatable bonds is 7. The maximum atomic E-state index is 12.0. The maximum Gasteiger partial charge on any atom is 0.249 e. The highest BCUT2D eigenvalue weighted by Crippen LogP contribution is 2.40. The number of nitrogens with two attached hydrogens (primary N) is 1. The minimum atomic E-state index is -0.358. The van der Waals surface area contributed by atoms with Crippen molar-refractivity contribution in [3.05, 3.63) is 41.0 Å². The summed E-state index contributed by atoms with van der Waals surface area (Å²) in [6, 6.07) is 6.08. The third-order valence-corrected chi connectivity index (χ3v) is 5.89. The summed E-state index contributed by atoms with van der Waals surface area (Å²) in [5.74, 6) is -0.358. The van der Waals surface area contributed by atoms with Crippen LogP contribution in [0.4, 0.5) is 0 Å². The van der Waals surface area contributed by atoms with Crippen LogP contribution in [-0.2, 0) is 10.3 Å². The maximum absolute atomic E-state index is 12.0. The van der Waals surface area contributed by atoms with E-state index in [0.29, 0.717) is 17.6 Å². The highest BCUT2D eigenvalue weighted by atomic mass is 16.5. The zero-order chi connectivity index (χ0) is 19.5. The summed E-state index contributed by atoms with van der Waals surface area (Å²) in [5, 5.41) is 0. The number of carbonyl (C=O) groups is 1. The van der Waals surface area contributed by atoms with E-state index in [-0.39, 0.29) is 11.4 Å². The van der Waals surface area contributed by atoms with Crippen molar-refractivity contribution in [2.45, 2.75) is 52.5 Å². The Labute approximate surface area is 158 Å². The van der Waals surface area contributed by atoms with E-state index >= 15 is 0 Å². The minimum Gasteiger partial charge on any atom is -0.383 e. The number of benzene rings is 1. The molecule has 0 saturated carbocycles. The molecule has 2 N–H and O–H groups in total. The van der Waals surface area contributed by atoms with Crippen molar-refractivity contribution < 1.29 is 9.53 Å². The van der Waals surface area contributed by atoms with Crippen molar-refractivity contribution in [2.24, 2.45) is 11.1 Å². The van der Waals surface area contributed by atoms with Gasteiger partial charge in [0.05, 0.1) is 6.61 Å². The van der Waals surface area contributed by atoms with Crippen LogP contribution in [-0.4, -0.2) is 38.1 Å². The summed E-state index contributed by atoms with van der Waals surface area (Å²) < 4.78 is 5.22. The number of primary amides is 1. The molecular weight excluding hydrogens is 324 g/mol. The van der Waals surface area contributed by atoms with Gasteiger partial charge in [0.25, 0.3) is 0 Å². The molecule has 0 aromatic heterocycles. The second-order valence-corrected chi connectivity index (χ2v) is 8.70. The molecule has 144 valence electrons. The Morgan fingerprint density at radius 2 is 2.04 bits per heavy atom. The monoisotopic (exact) mass is 358 g/mol. The number of amides is 1. The largest absolute Gasteiger partial charge is 0.383 e. The number of carbonyl (C=O) groups excluding carboxylic acids is 1. The first-order chi connectivity index (χ1) is 12.1. The number of nitrogens with zero attached hydrogens (tertiary/aromatic N) is 1. The molecule has 0 heterocycles. The number of hydrogen-bond acceptors (Lipinski definition) is 3. The summed E-state index contributed by atoms with van der Waals surface area (Å²) in [6.07, 6.45) is 5.42. The molecule has 4 nitrogen and oxygen atoms in total. The molecule has 0 saturated heterocycles. The predicted octanol–water partition coefficient (Wildman–Crippen LogP) is 4.19. The molecule has 0 unspecified atom stereocenters. The Balaban J connectivity index is 2.43. The van der Waals surface area contributed by atoms with Crippen molar-refractivity contribution in [1.29, 1.82) is 0 Å². The van der Waals surface area contributed by atoms with Crippen LogP contribution in [0, 0.1) is 5.41 Å². The van der Waals surface area contributed by atoms with E-state index in [1.54, 1.807) is 7.11 Å². The number of methoxy groups -OCH3 is 1. The van der Waals surface area contributed by atoms with Crippen LogP contribution in [0.2, 0.25) is 0 Å². The van der Waals surface area contributed by atoms with Gasteiger partial charge in [0, 0.05) is 24.8 Å². The van der Waals surface area contributed by atoms with Gasteiger partial charge in [0.15, 0.2) is 0 Å². The molecule has 0 atom stereocenters. The second kappa shape index (κ2) is 7.93. The average molecular weight is 359 g/mol. The lowest BCUT2D eigenvalue weighted by molar-refractivity contribution is 0.0989. The van der Waals surface area contributed by atoms with Crippen LogP contribution in [0.15, 0.2) is 24.3 Å². The topological polar surface area (TPSA) is 55.6 Å². The van der Waals surface area contributed by atoms with Gasteiger partial charge in [-0.15, -0.1) is 0 Å². The highest BCUT2D eigenvalue weighted by Gasteiger charge is 2.28. The Hall–Kier alpha value is -1.65. The van der Waals surface area contributed by atoms with Crippen LogP contribution in [0.1, 0.15) is 68.4 Å². The molecular formula is C22H34N2O2.